The van der Waals surface area contributed by atoms with Crippen LogP contribution in [0.25, 0.3) is 54.5 Å². The van der Waals surface area contributed by atoms with Crippen LogP contribution in [0.1, 0.15) is 190 Å². The van der Waals surface area contributed by atoms with Gasteiger partial charge in [0.05, 0.1) is 40.4 Å². The highest BCUT2D eigenvalue weighted by atomic mass is 16.2. The number of rotatable bonds is 16. The monoisotopic (exact) mass is 1600 g/mol. The van der Waals surface area contributed by atoms with E-state index in [1.165, 1.54) is 6.92 Å². The lowest BCUT2D eigenvalue weighted by atomic mass is 9.95. The number of hydrogen-bond acceptors (Lipinski definition) is 13. The molecule has 0 spiro atoms. The van der Waals surface area contributed by atoms with Crippen LogP contribution >= 0.6 is 0 Å². The number of nitrogens with zero attached hydrogens (tertiary/aromatic N) is 3. The number of hydrogen-bond donors (Lipinski definition) is 9. The molecule has 10 aromatic rings. The molecule has 9 N–H and O–H groups in total. The summed E-state index contributed by atoms with van der Waals surface area (Å²) in [5.74, 6) is -0.746. The molecule has 5 heterocycles. The van der Waals surface area contributed by atoms with Gasteiger partial charge in [-0.05, 0) is 165 Å². The standard InChI is InChI=1S/C20H26N2O3.2C19H25N3O3.2C17H22N2O2/c1-7-22-17-11-14(21-19(25)20(4,5)6)8-9-15(17)13(3)16(18(22)24)10-12(2)23;2*1-6-20-16(23)10-14-11(2)13-8-7-12(9-15(13)22-17(14)24)21-18(25)19(3,4)5;2*1-6-19-14-10-12(18-16(21)17(3,4)5)7-8-13(14)11(2)9-15(19)20/h8-9,11H,7,10H2,1-6H3,(H,21,25);2*7-9H,6,10H2,1-5H3,(H,20,23)(H,21,25)(H,22,24);2*7-10H,6H2,1-5H3,(H,18,21). The molecule has 0 atom stereocenters. The van der Waals surface area contributed by atoms with E-state index in [1.54, 1.807) is 50.1 Å². The average Bonchev–Trinajstić information content (AvgIpc) is 0.765. The third-order valence-electron chi connectivity index (χ3n) is 19.6. The molecule has 0 radical (unpaired) electrons. The van der Waals surface area contributed by atoms with Crippen molar-refractivity contribution in [1.29, 1.82) is 0 Å². The zero-order valence-corrected chi connectivity index (χ0v) is 73.1. The van der Waals surface area contributed by atoms with Crippen molar-refractivity contribution in [2.75, 3.05) is 39.7 Å². The quantitative estimate of drug-likeness (QED) is 0.0435. The number of pyridine rings is 5. The second kappa shape index (κ2) is 38.7. The van der Waals surface area contributed by atoms with Gasteiger partial charge in [0.2, 0.25) is 41.4 Å². The van der Waals surface area contributed by atoms with Gasteiger partial charge in [0.15, 0.2) is 0 Å². The van der Waals surface area contributed by atoms with Crippen molar-refractivity contribution >= 4 is 130 Å². The van der Waals surface area contributed by atoms with Crippen LogP contribution in [-0.4, -0.2) is 83.9 Å². The van der Waals surface area contributed by atoms with Crippen molar-refractivity contribution in [1.82, 2.24) is 34.3 Å². The molecule has 0 aliphatic carbocycles. The number of aromatic nitrogens is 5. The first-order valence-corrected chi connectivity index (χ1v) is 39.7. The summed E-state index contributed by atoms with van der Waals surface area (Å²) < 4.78 is 5.09. The molecule has 117 heavy (non-hydrogen) atoms. The van der Waals surface area contributed by atoms with Crippen LogP contribution in [0.4, 0.5) is 28.4 Å². The fourth-order valence-electron chi connectivity index (χ4n) is 12.4. The molecule has 5 aromatic carbocycles. The van der Waals surface area contributed by atoms with Gasteiger partial charge in [-0.15, -0.1) is 0 Å². The Kier molecular flexibility index (Phi) is 31.1. The van der Waals surface area contributed by atoms with Crippen LogP contribution in [0.15, 0.2) is 127 Å². The third kappa shape index (κ3) is 24.4. The minimum atomic E-state index is -0.505. The molecule has 626 valence electrons. The maximum Gasteiger partial charge on any atom is 0.254 e. The Morgan fingerprint density at radius 3 is 0.872 bits per heavy atom. The highest BCUT2D eigenvalue weighted by molar-refractivity contribution is 6.01. The van der Waals surface area contributed by atoms with Gasteiger partial charge in [-0.3, -0.25) is 62.3 Å². The second-order valence-corrected chi connectivity index (χ2v) is 34.5. The van der Waals surface area contributed by atoms with Gasteiger partial charge in [0.25, 0.3) is 27.8 Å². The molecule has 0 unspecified atom stereocenters. The number of H-pyrrole nitrogens is 2. The zero-order valence-electron chi connectivity index (χ0n) is 73.1. The molecular formula is C92H120N12O13. The predicted molar refractivity (Wildman–Crippen MR) is 474 cm³/mol. The number of amides is 7. The van der Waals surface area contributed by atoms with E-state index in [9.17, 15) is 62.3 Å². The largest absolute Gasteiger partial charge is 0.356 e. The minimum absolute atomic E-state index is 0.0122. The Balaban J connectivity index is 0.000000228. The Hall–Kier alpha value is -11.9. The molecule has 7 amide bonds. The highest BCUT2D eigenvalue weighted by Crippen LogP contribution is 2.31. The first-order valence-electron chi connectivity index (χ1n) is 39.7. The summed E-state index contributed by atoms with van der Waals surface area (Å²) >= 11 is 0. The number of fused-ring (bicyclic) bond motifs is 5. The van der Waals surface area contributed by atoms with E-state index < -0.39 is 27.1 Å². The minimum Gasteiger partial charge on any atom is -0.356 e. The van der Waals surface area contributed by atoms with Crippen molar-refractivity contribution in [2.45, 2.75) is 219 Å². The number of benzene rings is 5. The molecule has 0 aliphatic rings. The van der Waals surface area contributed by atoms with Gasteiger partial charge in [0.1, 0.15) is 5.78 Å². The first kappa shape index (κ1) is 94.0. The van der Waals surface area contributed by atoms with Crippen LogP contribution in [0, 0.1) is 61.7 Å². The smallest absolute Gasteiger partial charge is 0.254 e. The van der Waals surface area contributed by atoms with Gasteiger partial charge < -0.3 is 60.9 Å². The molecular weight excluding hydrogens is 1480 g/mol. The Morgan fingerprint density at radius 1 is 0.333 bits per heavy atom. The molecule has 10 rings (SSSR count). The van der Waals surface area contributed by atoms with Crippen molar-refractivity contribution in [2.24, 2.45) is 27.1 Å². The number of carbonyl (C=O) groups is 8. The molecule has 0 saturated carbocycles. The van der Waals surface area contributed by atoms with Crippen molar-refractivity contribution < 1.29 is 38.4 Å². The van der Waals surface area contributed by atoms with Crippen molar-refractivity contribution in [3.63, 3.8) is 0 Å². The van der Waals surface area contributed by atoms with E-state index in [0.717, 1.165) is 82.7 Å². The Bertz CT molecular complexity index is 5520. The fraction of sp³-hybridized carbons (Fsp3) is 0.424. The third-order valence-corrected chi connectivity index (χ3v) is 19.6. The predicted octanol–water partition coefficient (Wildman–Crippen LogP) is 15.1. The van der Waals surface area contributed by atoms with E-state index in [1.807, 2.05) is 240 Å². The van der Waals surface area contributed by atoms with Crippen LogP contribution in [0.3, 0.4) is 0 Å². The van der Waals surface area contributed by atoms with Crippen molar-refractivity contribution in [3.05, 3.63) is 199 Å². The van der Waals surface area contributed by atoms with Gasteiger partial charge in [-0.2, -0.15) is 0 Å². The Labute approximate surface area is 684 Å². The van der Waals surface area contributed by atoms with Crippen LogP contribution in [-0.2, 0) is 77.3 Å². The summed E-state index contributed by atoms with van der Waals surface area (Å²) in [5.41, 5.74) is 9.71. The topological polar surface area (TPSA) is 352 Å². The lowest BCUT2D eigenvalue weighted by Crippen LogP contribution is -2.28. The van der Waals surface area contributed by atoms with Gasteiger partial charge in [-0.1, -0.05) is 134 Å². The van der Waals surface area contributed by atoms with E-state index >= 15 is 0 Å². The van der Waals surface area contributed by atoms with Crippen LogP contribution < -0.4 is 65.0 Å². The molecule has 25 heteroatoms. The zero-order chi connectivity index (χ0) is 88.1. The highest BCUT2D eigenvalue weighted by Gasteiger charge is 2.27. The summed E-state index contributed by atoms with van der Waals surface area (Å²) in [6.07, 6.45) is 0.240. The average molecular weight is 1600 g/mol. The maximum atomic E-state index is 12.8. The number of ketones is 1. The van der Waals surface area contributed by atoms with E-state index in [-0.39, 0.29) is 94.2 Å². The number of nitrogens with one attached hydrogen (secondary N) is 9. The lowest BCUT2D eigenvalue weighted by Gasteiger charge is -2.19. The summed E-state index contributed by atoms with van der Waals surface area (Å²) in [7, 11) is 0. The van der Waals surface area contributed by atoms with Crippen LogP contribution in [0.2, 0.25) is 0 Å². The normalized spacial score (nSPS) is 11.5. The number of aryl methyl sites for hydroxylation is 8. The molecule has 0 aliphatic heterocycles. The van der Waals surface area contributed by atoms with E-state index in [4.69, 9.17) is 0 Å². The van der Waals surface area contributed by atoms with E-state index in [2.05, 4.69) is 47.2 Å². The number of anilines is 5. The molecule has 0 saturated heterocycles. The van der Waals surface area contributed by atoms with Crippen molar-refractivity contribution in [3.8, 4) is 0 Å². The van der Waals surface area contributed by atoms with Gasteiger partial charge in [0, 0.05) is 150 Å². The summed E-state index contributed by atoms with van der Waals surface area (Å²) in [4.78, 5) is 163. The van der Waals surface area contributed by atoms with Gasteiger partial charge in [-0.25, -0.2) is 0 Å². The number of aromatic amines is 2. The summed E-state index contributed by atoms with van der Waals surface area (Å²) in [5, 5.41) is 24.5. The fourth-order valence-corrected chi connectivity index (χ4v) is 12.4. The number of carbonyl (C=O) groups excluding carboxylic acids is 8. The SMILES string of the molecule is CCNC(=O)Cc1c(C)c2ccc(NC(=O)C(C)(C)C)cc2[nH]c1=O.CCNC(=O)Cc1c(C)c2ccc(NC(=O)C(C)(C)C)cc2[nH]c1=O.CCn1c(=O)c(CC(C)=O)c(C)c2ccc(NC(=O)C(C)(C)C)cc21.CCn1c(=O)cc(C)c2ccc(NC(=O)C(C)(C)C)cc21.CCn1c(=O)cc(C)c2ccc(NC(=O)C(C)(C)C)cc21. The first-order chi connectivity index (χ1) is 54.3. The molecule has 25 nitrogen and oxygen atoms in total. The summed E-state index contributed by atoms with van der Waals surface area (Å²) in [6.45, 7) is 50.9. The Morgan fingerprint density at radius 2 is 0.598 bits per heavy atom. The number of Topliss-reactive ketones (excluding diaryl/α,β-unsaturated/α-hetero) is 1. The van der Waals surface area contributed by atoms with E-state index in [0.29, 0.717) is 77.5 Å². The van der Waals surface area contributed by atoms with Gasteiger partial charge >= 0.3 is 0 Å². The second-order valence-electron chi connectivity index (χ2n) is 34.5. The molecule has 0 bridgehead atoms. The van der Waals surface area contributed by atoms with Crippen LogP contribution in [0.5, 0.6) is 0 Å². The molecule has 0 fully saturated rings. The summed E-state index contributed by atoms with van der Waals surface area (Å²) in [6, 6.07) is 31.0. The number of likely N-dealkylation sites (N-methyl/N-ethyl adjacent to an activating group) is 2. The molecule has 5 aromatic heterocycles. The maximum absolute atomic E-state index is 12.8. The lowest BCUT2D eigenvalue weighted by molar-refractivity contribution is -0.123.